The van der Waals surface area contributed by atoms with Crippen LogP contribution in [0.5, 0.6) is 0 Å². The molecule has 1 aromatic rings. The van der Waals surface area contributed by atoms with Crippen molar-refractivity contribution in [2.75, 3.05) is 18.8 Å². The Hall–Kier alpha value is -1.00. The molecule has 17 heavy (non-hydrogen) atoms. The van der Waals surface area contributed by atoms with Gasteiger partial charge < -0.3 is 4.84 Å². The minimum absolute atomic E-state index is 0.233. The zero-order chi connectivity index (χ0) is 12.1. The lowest BCUT2D eigenvalue weighted by molar-refractivity contribution is -0.187. The summed E-state index contributed by atoms with van der Waals surface area (Å²) in [5.74, 6) is 0.876. The molecule has 2 rings (SSSR count). The van der Waals surface area contributed by atoms with Gasteiger partial charge >= 0.3 is 5.97 Å². The summed E-state index contributed by atoms with van der Waals surface area (Å²) < 4.78 is 0. The largest absolute Gasteiger partial charge is 0.368 e. The number of carbonyl (C=O) groups is 1. The van der Waals surface area contributed by atoms with Crippen LogP contribution in [0.1, 0.15) is 24.2 Å². The van der Waals surface area contributed by atoms with Crippen molar-refractivity contribution in [2.45, 2.75) is 18.6 Å². The second kappa shape index (κ2) is 6.07. The van der Waals surface area contributed by atoms with Gasteiger partial charge in [0.15, 0.2) is 0 Å². The lowest BCUT2D eigenvalue weighted by Gasteiger charge is -2.22. The van der Waals surface area contributed by atoms with Crippen molar-refractivity contribution >= 4 is 17.7 Å². The molecule has 1 aliphatic heterocycles. The molecule has 0 amide bonds. The first-order chi connectivity index (χ1) is 8.25. The van der Waals surface area contributed by atoms with E-state index in [1.54, 1.807) is 5.06 Å². The zero-order valence-corrected chi connectivity index (χ0v) is 10.8. The second-order valence-corrected chi connectivity index (χ2v) is 5.41. The van der Waals surface area contributed by atoms with Crippen molar-refractivity contribution in [2.24, 2.45) is 0 Å². The van der Waals surface area contributed by atoms with Gasteiger partial charge in [-0.1, -0.05) is 30.3 Å². The van der Waals surface area contributed by atoms with Crippen molar-refractivity contribution in [1.82, 2.24) is 5.06 Å². The highest BCUT2D eigenvalue weighted by Crippen LogP contribution is 2.32. The lowest BCUT2D eigenvalue weighted by Crippen LogP contribution is -2.29. The Morgan fingerprint density at radius 2 is 2.18 bits per heavy atom. The number of rotatable bonds is 2. The van der Waals surface area contributed by atoms with Crippen molar-refractivity contribution in [1.29, 1.82) is 0 Å². The second-order valence-electron chi connectivity index (χ2n) is 4.09. The van der Waals surface area contributed by atoms with Gasteiger partial charge in [-0.15, -0.1) is 5.06 Å². The number of hydroxylamine groups is 2. The molecular formula is C13H17NO2S. The maximum atomic E-state index is 11.0. The summed E-state index contributed by atoms with van der Waals surface area (Å²) >= 11 is 1.93. The van der Waals surface area contributed by atoms with Gasteiger partial charge in [-0.25, -0.2) is 0 Å². The molecule has 0 radical (unpaired) electrons. The normalized spacial score (nSPS) is 21.8. The Morgan fingerprint density at radius 1 is 1.41 bits per heavy atom. The van der Waals surface area contributed by atoms with Crippen LogP contribution in [0.2, 0.25) is 0 Å². The molecule has 0 aliphatic carbocycles. The Labute approximate surface area is 106 Å². The molecule has 1 atom stereocenters. The van der Waals surface area contributed by atoms with E-state index >= 15 is 0 Å². The van der Waals surface area contributed by atoms with E-state index < -0.39 is 0 Å². The van der Waals surface area contributed by atoms with E-state index in [4.69, 9.17) is 4.84 Å². The van der Waals surface area contributed by atoms with Crippen LogP contribution in [-0.4, -0.2) is 29.9 Å². The van der Waals surface area contributed by atoms with E-state index in [0.29, 0.717) is 5.25 Å². The summed E-state index contributed by atoms with van der Waals surface area (Å²) in [5, 5.41) is 2.18. The van der Waals surface area contributed by atoms with E-state index in [-0.39, 0.29) is 5.97 Å². The van der Waals surface area contributed by atoms with Gasteiger partial charge in [0, 0.05) is 18.7 Å². The van der Waals surface area contributed by atoms with Crippen LogP contribution < -0.4 is 0 Å². The highest BCUT2D eigenvalue weighted by atomic mass is 32.2. The van der Waals surface area contributed by atoms with E-state index in [1.807, 2.05) is 17.8 Å². The highest BCUT2D eigenvalue weighted by Gasteiger charge is 2.21. The number of nitrogens with zero attached hydrogens (tertiary/aromatic N) is 1. The molecule has 4 heteroatoms. The summed E-state index contributed by atoms with van der Waals surface area (Å²) in [6.45, 7) is 3.06. The van der Waals surface area contributed by atoms with Crippen molar-refractivity contribution in [3.63, 3.8) is 0 Å². The third-order valence-corrected chi connectivity index (χ3v) is 4.02. The molecule has 1 fully saturated rings. The predicted molar refractivity (Wildman–Crippen MR) is 69.6 cm³/mol. The van der Waals surface area contributed by atoms with Crippen LogP contribution in [0.25, 0.3) is 0 Å². The van der Waals surface area contributed by atoms with Gasteiger partial charge in [0.05, 0.1) is 6.54 Å². The van der Waals surface area contributed by atoms with Gasteiger partial charge in [-0.05, 0) is 17.7 Å². The molecule has 0 N–H and O–H groups in total. The first-order valence-electron chi connectivity index (χ1n) is 5.86. The highest BCUT2D eigenvalue weighted by molar-refractivity contribution is 7.99. The van der Waals surface area contributed by atoms with E-state index in [9.17, 15) is 4.79 Å². The zero-order valence-electron chi connectivity index (χ0n) is 9.96. The van der Waals surface area contributed by atoms with Gasteiger partial charge in [0.1, 0.15) is 0 Å². The third-order valence-electron chi connectivity index (χ3n) is 2.67. The summed E-state index contributed by atoms with van der Waals surface area (Å²) in [4.78, 5) is 16.2. The number of hydrogen-bond acceptors (Lipinski definition) is 4. The topological polar surface area (TPSA) is 29.5 Å². The molecule has 0 aromatic heterocycles. The van der Waals surface area contributed by atoms with Crippen LogP contribution in [0.15, 0.2) is 30.3 Å². The van der Waals surface area contributed by atoms with Crippen molar-refractivity contribution in [3.05, 3.63) is 35.9 Å². The van der Waals surface area contributed by atoms with Crippen LogP contribution in [0.3, 0.4) is 0 Å². The molecule has 1 aromatic carbocycles. The molecular weight excluding hydrogens is 234 g/mol. The summed E-state index contributed by atoms with van der Waals surface area (Å²) in [5.41, 5.74) is 1.30. The average molecular weight is 251 g/mol. The molecule has 1 saturated heterocycles. The number of benzene rings is 1. The summed E-state index contributed by atoms with van der Waals surface area (Å²) in [6.07, 6.45) is 1.06. The molecule has 0 spiro atoms. The maximum absolute atomic E-state index is 11.0. The molecule has 92 valence electrons. The Kier molecular flexibility index (Phi) is 4.45. The number of hydrogen-bond donors (Lipinski definition) is 0. The van der Waals surface area contributed by atoms with Crippen LogP contribution in [0, 0.1) is 0 Å². The Balaban J connectivity index is 2.04. The van der Waals surface area contributed by atoms with Crippen LogP contribution >= 0.6 is 11.8 Å². The molecule has 1 aliphatic rings. The van der Waals surface area contributed by atoms with Gasteiger partial charge in [-0.3, -0.25) is 4.79 Å². The fourth-order valence-corrected chi connectivity index (χ4v) is 3.13. The Bertz CT molecular complexity index is 369. The number of carbonyl (C=O) groups excluding carboxylic acids is 1. The minimum atomic E-state index is -0.233. The molecule has 0 saturated carbocycles. The maximum Gasteiger partial charge on any atom is 0.322 e. The van der Waals surface area contributed by atoms with Gasteiger partial charge in [0.2, 0.25) is 0 Å². The first-order valence-corrected chi connectivity index (χ1v) is 6.90. The van der Waals surface area contributed by atoms with Gasteiger partial charge in [0.25, 0.3) is 0 Å². The van der Waals surface area contributed by atoms with Gasteiger partial charge in [-0.2, -0.15) is 11.8 Å². The predicted octanol–water partition coefficient (Wildman–Crippen LogP) is 2.64. The van der Waals surface area contributed by atoms with Crippen molar-refractivity contribution < 1.29 is 9.63 Å². The Morgan fingerprint density at radius 3 is 2.88 bits per heavy atom. The van der Waals surface area contributed by atoms with Crippen LogP contribution in [0.4, 0.5) is 0 Å². The fourth-order valence-electron chi connectivity index (χ4n) is 1.93. The fraction of sp³-hybridized carbons (Fsp3) is 0.462. The average Bonchev–Trinajstić information content (AvgIpc) is 2.55. The standard InChI is InChI=1S/C13H17NO2S/c1-11(15)16-14-8-5-9-17-13(10-14)12-6-3-2-4-7-12/h2-4,6-7,13H,5,8-10H2,1H3/t13-/m0/s1. The molecule has 1 heterocycles. The van der Waals surface area contributed by atoms with Crippen molar-refractivity contribution in [3.8, 4) is 0 Å². The van der Waals surface area contributed by atoms with Crippen LogP contribution in [-0.2, 0) is 9.63 Å². The molecule has 0 unspecified atom stereocenters. The summed E-state index contributed by atoms with van der Waals surface area (Å²) in [6, 6.07) is 10.4. The van der Waals surface area contributed by atoms with E-state index in [0.717, 1.165) is 25.3 Å². The van der Waals surface area contributed by atoms with E-state index in [2.05, 4.69) is 24.3 Å². The first kappa shape index (κ1) is 12.5. The summed E-state index contributed by atoms with van der Waals surface area (Å²) in [7, 11) is 0. The lowest BCUT2D eigenvalue weighted by atomic mass is 10.1. The third kappa shape index (κ3) is 3.75. The minimum Gasteiger partial charge on any atom is -0.368 e. The quantitative estimate of drug-likeness (QED) is 0.808. The molecule has 3 nitrogen and oxygen atoms in total. The number of thioether (sulfide) groups is 1. The van der Waals surface area contributed by atoms with E-state index in [1.165, 1.54) is 12.5 Å². The smallest absolute Gasteiger partial charge is 0.322 e. The molecule has 0 bridgehead atoms. The SMILES string of the molecule is CC(=O)ON1CCCS[C@H](c2ccccc2)C1. The monoisotopic (exact) mass is 251 g/mol.